The highest BCUT2D eigenvalue weighted by Crippen LogP contribution is 2.23. The summed E-state index contributed by atoms with van der Waals surface area (Å²) < 4.78 is 5.67. The fourth-order valence-electron chi connectivity index (χ4n) is 2.55. The highest BCUT2D eigenvalue weighted by Gasteiger charge is 2.11. The predicted octanol–water partition coefficient (Wildman–Crippen LogP) is 4.61. The first kappa shape index (κ1) is 13.3. The van der Waals surface area contributed by atoms with Crippen LogP contribution in [0.2, 0.25) is 0 Å². The van der Waals surface area contributed by atoms with Gasteiger partial charge in [-0.3, -0.25) is 0 Å². The molecule has 0 unspecified atom stereocenters. The maximum Gasteiger partial charge on any atom is 0.121 e. The SMILES string of the molecule is CCCOc1cccc(NC2CCCCCC2)c1. The second-order valence-corrected chi connectivity index (χ2v) is 5.21. The Bertz CT molecular complexity index is 343. The molecule has 100 valence electrons. The Morgan fingerprint density at radius 2 is 1.94 bits per heavy atom. The van der Waals surface area contributed by atoms with Crippen LogP contribution in [0.4, 0.5) is 5.69 Å². The van der Waals surface area contributed by atoms with E-state index in [4.69, 9.17) is 4.74 Å². The van der Waals surface area contributed by atoms with Gasteiger partial charge in [-0.1, -0.05) is 38.7 Å². The Balaban J connectivity index is 1.91. The van der Waals surface area contributed by atoms with E-state index >= 15 is 0 Å². The molecule has 1 aromatic carbocycles. The summed E-state index contributed by atoms with van der Waals surface area (Å²) in [5.74, 6) is 0.982. The van der Waals surface area contributed by atoms with Crippen LogP contribution >= 0.6 is 0 Å². The van der Waals surface area contributed by atoms with Crippen LogP contribution in [0, 0.1) is 0 Å². The predicted molar refractivity (Wildman–Crippen MR) is 77.3 cm³/mol. The fraction of sp³-hybridized carbons (Fsp3) is 0.625. The van der Waals surface area contributed by atoms with Crippen molar-refractivity contribution < 1.29 is 4.74 Å². The van der Waals surface area contributed by atoms with E-state index in [1.807, 2.05) is 6.07 Å². The van der Waals surface area contributed by atoms with Crippen molar-refractivity contribution in [2.75, 3.05) is 11.9 Å². The molecule has 0 atom stereocenters. The lowest BCUT2D eigenvalue weighted by Gasteiger charge is -2.18. The zero-order chi connectivity index (χ0) is 12.6. The maximum absolute atomic E-state index is 5.67. The highest BCUT2D eigenvalue weighted by molar-refractivity contribution is 5.48. The van der Waals surface area contributed by atoms with Gasteiger partial charge in [-0.25, -0.2) is 0 Å². The van der Waals surface area contributed by atoms with E-state index in [1.54, 1.807) is 0 Å². The molecule has 0 saturated heterocycles. The average Bonchev–Trinajstić information content (AvgIpc) is 2.65. The Labute approximate surface area is 111 Å². The molecular formula is C16H25NO. The third kappa shape index (κ3) is 4.25. The molecule has 0 radical (unpaired) electrons. The Kier molecular flexibility index (Phi) is 5.37. The molecule has 0 amide bonds. The van der Waals surface area contributed by atoms with Gasteiger partial charge in [-0.2, -0.15) is 0 Å². The van der Waals surface area contributed by atoms with Crippen LogP contribution in [-0.4, -0.2) is 12.6 Å². The van der Waals surface area contributed by atoms with Crippen molar-refractivity contribution >= 4 is 5.69 Å². The van der Waals surface area contributed by atoms with Crippen LogP contribution in [0.15, 0.2) is 24.3 Å². The molecule has 0 heterocycles. The zero-order valence-electron chi connectivity index (χ0n) is 11.5. The van der Waals surface area contributed by atoms with Crippen molar-refractivity contribution in [2.24, 2.45) is 0 Å². The van der Waals surface area contributed by atoms with Crippen molar-refractivity contribution in [1.82, 2.24) is 0 Å². The van der Waals surface area contributed by atoms with E-state index in [1.165, 1.54) is 44.2 Å². The zero-order valence-corrected chi connectivity index (χ0v) is 11.5. The Morgan fingerprint density at radius 3 is 2.67 bits per heavy atom. The van der Waals surface area contributed by atoms with Gasteiger partial charge in [0.25, 0.3) is 0 Å². The van der Waals surface area contributed by atoms with Gasteiger partial charge in [0.2, 0.25) is 0 Å². The number of hydrogen-bond acceptors (Lipinski definition) is 2. The standard InChI is InChI=1S/C16H25NO/c1-2-12-18-16-11-7-10-15(13-16)17-14-8-5-3-4-6-9-14/h7,10-11,13-14,17H,2-6,8-9,12H2,1H3. The van der Waals surface area contributed by atoms with Crippen molar-refractivity contribution in [3.63, 3.8) is 0 Å². The lowest BCUT2D eigenvalue weighted by Crippen LogP contribution is -2.18. The van der Waals surface area contributed by atoms with Crippen molar-refractivity contribution in [3.8, 4) is 5.75 Å². The number of nitrogens with one attached hydrogen (secondary N) is 1. The monoisotopic (exact) mass is 247 g/mol. The third-order valence-corrected chi connectivity index (χ3v) is 3.53. The number of benzene rings is 1. The largest absolute Gasteiger partial charge is 0.494 e. The molecule has 0 spiro atoms. The molecule has 1 aliphatic carbocycles. The summed E-state index contributed by atoms with van der Waals surface area (Å²) in [4.78, 5) is 0. The van der Waals surface area contributed by atoms with Gasteiger partial charge in [0.15, 0.2) is 0 Å². The molecule has 0 bridgehead atoms. The van der Waals surface area contributed by atoms with E-state index in [9.17, 15) is 0 Å². The second kappa shape index (κ2) is 7.30. The average molecular weight is 247 g/mol. The van der Waals surface area contributed by atoms with Crippen LogP contribution in [0.5, 0.6) is 5.75 Å². The lowest BCUT2D eigenvalue weighted by atomic mass is 10.1. The summed E-state index contributed by atoms with van der Waals surface area (Å²) in [7, 11) is 0. The second-order valence-electron chi connectivity index (χ2n) is 5.21. The molecule has 2 rings (SSSR count). The maximum atomic E-state index is 5.67. The number of anilines is 1. The molecule has 1 fully saturated rings. The lowest BCUT2D eigenvalue weighted by molar-refractivity contribution is 0.317. The van der Waals surface area contributed by atoms with Crippen molar-refractivity contribution in [3.05, 3.63) is 24.3 Å². The number of rotatable bonds is 5. The summed E-state index contributed by atoms with van der Waals surface area (Å²) in [6.07, 6.45) is 9.20. The first-order valence-corrected chi connectivity index (χ1v) is 7.38. The Morgan fingerprint density at radius 1 is 1.17 bits per heavy atom. The van der Waals surface area contributed by atoms with Crippen LogP contribution in [-0.2, 0) is 0 Å². The smallest absolute Gasteiger partial charge is 0.121 e. The van der Waals surface area contributed by atoms with Crippen LogP contribution in [0.1, 0.15) is 51.9 Å². The van der Waals surface area contributed by atoms with E-state index in [-0.39, 0.29) is 0 Å². The van der Waals surface area contributed by atoms with Gasteiger partial charge in [0.05, 0.1) is 6.61 Å². The number of hydrogen-bond donors (Lipinski definition) is 1. The van der Waals surface area contributed by atoms with Crippen molar-refractivity contribution in [2.45, 2.75) is 57.9 Å². The van der Waals surface area contributed by atoms with Gasteiger partial charge in [-0.15, -0.1) is 0 Å². The molecule has 1 N–H and O–H groups in total. The summed E-state index contributed by atoms with van der Waals surface area (Å²) in [6, 6.07) is 9.02. The first-order valence-electron chi connectivity index (χ1n) is 7.38. The molecular weight excluding hydrogens is 222 g/mol. The summed E-state index contributed by atoms with van der Waals surface area (Å²) in [5.41, 5.74) is 1.20. The minimum absolute atomic E-state index is 0.647. The molecule has 1 aliphatic rings. The molecule has 2 nitrogen and oxygen atoms in total. The van der Waals surface area contributed by atoms with Gasteiger partial charge in [-0.05, 0) is 31.4 Å². The normalized spacial score (nSPS) is 17.2. The Hall–Kier alpha value is -1.18. The van der Waals surface area contributed by atoms with Crippen molar-refractivity contribution in [1.29, 1.82) is 0 Å². The fourth-order valence-corrected chi connectivity index (χ4v) is 2.55. The van der Waals surface area contributed by atoms with E-state index in [0.29, 0.717) is 6.04 Å². The molecule has 18 heavy (non-hydrogen) atoms. The summed E-state index contributed by atoms with van der Waals surface area (Å²) in [5, 5.41) is 3.66. The third-order valence-electron chi connectivity index (χ3n) is 3.53. The molecule has 0 aromatic heterocycles. The molecule has 0 aliphatic heterocycles. The quantitative estimate of drug-likeness (QED) is 0.767. The van der Waals surface area contributed by atoms with Gasteiger partial charge in [0, 0.05) is 17.8 Å². The topological polar surface area (TPSA) is 21.3 Å². The molecule has 2 heteroatoms. The first-order chi connectivity index (χ1) is 8.88. The minimum atomic E-state index is 0.647. The van der Waals surface area contributed by atoms with E-state index in [2.05, 4.69) is 30.4 Å². The summed E-state index contributed by atoms with van der Waals surface area (Å²) >= 11 is 0. The summed E-state index contributed by atoms with van der Waals surface area (Å²) in [6.45, 7) is 2.93. The molecule has 1 aromatic rings. The van der Waals surface area contributed by atoms with Crippen LogP contribution in [0.3, 0.4) is 0 Å². The van der Waals surface area contributed by atoms with Crippen LogP contribution in [0.25, 0.3) is 0 Å². The molecule has 1 saturated carbocycles. The van der Waals surface area contributed by atoms with Gasteiger partial charge in [0.1, 0.15) is 5.75 Å². The van der Waals surface area contributed by atoms with Gasteiger partial charge < -0.3 is 10.1 Å². The van der Waals surface area contributed by atoms with E-state index in [0.717, 1.165) is 18.8 Å². The van der Waals surface area contributed by atoms with Gasteiger partial charge >= 0.3 is 0 Å². The number of ether oxygens (including phenoxy) is 1. The van der Waals surface area contributed by atoms with Crippen LogP contribution < -0.4 is 10.1 Å². The highest BCUT2D eigenvalue weighted by atomic mass is 16.5. The van der Waals surface area contributed by atoms with E-state index < -0.39 is 0 Å². The minimum Gasteiger partial charge on any atom is -0.494 e.